The van der Waals surface area contributed by atoms with Gasteiger partial charge in [-0.1, -0.05) is 30.3 Å². The van der Waals surface area contributed by atoms with Gasteiger partial charge in [-0.3, -0.25) is 9.59 Å². The van der Waals surface area contributed by atoms with E-state index in [1.807, 2.05) is 31.2 Å². The number of nitrogens with zero attached hydrogens (tertiary/aromatic N) is 3. The first-order chi connectivity index (χ1) is 15.0. The number of pyridine rings is 1. The summed E-state index contributed by atoms with van der Waals surface area (Å²) in [5.41, 5.74) is 1.93. The van der Waals surface area contributed by atoms with Gasteiger partial charge in [0.05, 0.1) is 16.6 Å². The molecule has 0 saturated carbocycles. The molecule has 1 N–H and O–H groups in total. The van der Waals surface area contributed by atoms with Crippen molar-refractivity contribution in [2.45, 2.75) is 26.2 Å². The van der Waals surface area contributed by atoms with Crippen LogP contribution in [0.2, 0.25) is 0 Å². The van der Waals surface area contributed by atoms with Gasteiger partial charge in [-0.25, -0.2) is 9.97 Å². The molecule has 2 aromatic heterocycles. The normalized spacial score (nSPS) is 16.2. The first kappa shape index (κ1) is 21.6. The summed E-state index contributed by atoms with van der Waals surface area (Å²) < 4.78 is 0.853. The van der Waals surface area contributed by atoms with Crippen LogP contribution in [0.5, 0.6) is 0 Å². The third-order valence-corrected chi connectivity index (χ3v) is 6.91. The number of hydrogen-bond donors (Lipinski definition) is 1. The minimum Gasteiger partial charge on any atom is -0.337 e. The van der Waals surface area contributed by atoms with Crippen molar-refractivity contribution in [2.75, 3.05) is 18.4 Å². The van der Waals surface area contributed by atoms with Gasteiger partial charge < -0.3 is 10.2 Å². The van der Waals surface area contributed by atoms with Gasteiger partial charge in [-0.15, -0.1) is 11.3 Å². The second kappa shape index (κ2) is 9.70. The number of benzene rings is 1. The van der Waals surface area contributed by atoms with Crippen LogP contribution in [-0.4, -0.2) is 39.8 Å². The quantitative estimate of drug-likeness (QED) is 0.553. The lowest BCUT2D eigenvalue weighted by Gasteiger charge is -2.31. The second-order valence-electron chi connectivity index (χ2n) is 7.63. The summed E-state index contributed by atoms with van der Waals surface area (Å²) in [5.74, 6) is 0.132. The van der Waals surface area contributed by atoms with Gasteiger partial charge in [0.1, 0.15) is 10.7 Å². The van der Waals surface area contributed by atoms with Gasteiger partial charge in [-0.05, 0) is 53.4 Å². The average Bonchev–Trinajstić information content (AvgIpc) is 3.15. The molecule has 2 amide bonds. The van der Waals surface area contributed by atoms with E-state index in [1.165, 1.54) is 16.9 Å². The van der Waals surface area contributed by atoms with Gasteiger partial charge in [0, 0.05) is 30.2 Å². The molecule has 1 aliphatic heterocycles. The van der Waals surface area contributed by atoms with E-state index >= 15 is 0 Å². The van der Waals surface area contributed by atoms with Crippen LogP contribution in [0.25, 0.3) is 0 Å². The Morgan fingerprint density at radius 1 is 1.23 bits per heavy atom. The third-order valence-electron chi connectivity index (χ3n) is 5.29. The summed E-state index contributed by atoms with van der Waals surface area (Å²) >= 11 is 4.79. The zero-order valence-corrected chi connectivity index (χ0v) is 19.6. The van der Waals surface area contributed by atoms with Gasteiger partial charge in [0.15, 0.2) is 0 Å². The summed E-state index contributed by atoms with van der Waals surface area (Å²) in [7, 11) is 0. The number of thiazole rings is 1. The second-order valence-corrected chi connectivity index (χ2v) is 9.63. The lowest BCUT2D eigenvalue weighted by atomic mass is 9.97. The van der Waals surface area contributed by atoms with E-state index in [9.17, 15) is 9.59 Å². The summed E-state index contributed by atoms with van der Waals surface area (Å²) in [6.45, 7) is 2.95. The lowest BCUT2D eigenvalue weighted by Crippen LogP contribution is -2.43. The smallest absolute Gasteiger partial charge is 0.265 e. The molecule has 1 aromatic carbocycles. The molecule has 160 valence electrons. The summed E-state index contributed by atoms with van der Waals surface area (Å²) in [4.78, 5) is 37.2. The minimum absolute atomic E-state index is 0.0337. The van der Waals surface area contributed by atoms with Gasteiger partial charge in [-0.2, -0.15) is 0 Å². The SMILES string of the molecule is Cc1nc(Cc2ccccc2)sc1C(=O)N1CCCC(C(=O)Nc2ccc(Br)cn2)C1. The van der Waals surface area contributed by atoms with Crippen molar-refractivity contribution in [3.05, 3.63) is 74.3 Å². The number of rotatable bonds is 5. The zero-order chi connectivity index (χ0) is 21.8. The van der Waals surface area contributed by atoms with E-state index in [1.54, 1.807) is 17.2 Å². The highest BCUT2D eigenvalue weighted by Crippen LogP contribution is 2.26. The Bertz CT molecular complexity index is 1070. The van der Waals surface area contributed by atoms with Crippen molar-refractivity contribution >= 4 is 44.9 Å². The Balaban J connectivity index is 1.41. The Morgan fingerprint density at radius 3 is 2.77 bits per heavy atom. The Morgan fingerprint density at radius 2 is 2.03 bits per heavy atom. The first-order valence-corrected chi connectivity index (χ1v) is 11.8. The van der Waals surface area contributed by atoms with E-state index in [4.69, 9.17) is 0 Å². The third kappa shape index (κ3) is 5.37. The molecule has 0 radical (unpaired) electrons. The zero-order valence-electron chi connectivity index (χ0n) is 17.2. The lowest BCUT2D eigenvalue weighted by molar-refractivity contribution is -0.121. The highest BCUT2D eigenvalue weighted by atomic mass is 79.9. The van der Waals surface area contributed by atoms with Gasteiger partial charge in [0.2, 0.25) is 5.91 Å². The molecule has 6 nitrogen and oxygen atoms in total. The highest BCUT2D eigenvalue weighted by molar-refractivity contribution is 9.10. The van der Waals surface area contributed by atoms with Crippen LogP contribution in [0.1, 0.15) is 38.8 Å². The number of aromatic nitrogens is 2. The number of anilines is 1. The Labute approximate surface area is 193 Å². The predicted octanol–water partition coefficient (Wildman–Crippen LogP) is 4.69. The number of carbonyl (C=O) groups excluding carboxylic acids is 2. The molecule has 3 heterocycles. The van der Waals surface area contributed by atoms with Crippen LogP contribution in [0.15, 0.2) is 53.1 Å². The van der Waals surface area contributed by atoms with Crippen molar-refractivity contribution in [3.8, 4) is 0 Å². The molecule has 0 bridgehead atoms. The molecule has 0 aliphatic carbocycles. The van der Waals surface area contributed by atoms with E-state index in [-0.39, 0.29) is 17.7 Å². The minimum atomic E-state index is -0.250. The molecule has 4 rings (SSSR count). The van der Waals surface area contributed by atoms with Crippen molar-refractivity contribution < 1.29 is 9.59 Å². The van der Waals surface area contributed by atoms with E-state index < -0.39 is 0 Å². The standard InChI is InChI=1S/C23H23BrN4O2S/c1-15-21(31-20(26-15)12-16-6-3-2-4-7-16)23(30)28-11-5-8-17(14-28)22(29)27-19-10-9-18(24)13-25-19/h2-4,6-7,9-10,13,17H,5,8,11-12,14H2,1H3,(H,25,27,29). The Kier molecular flexibility index (Phi) is 6.77. The fourth-order valence-electron chi connectivity index (χ4n) is 3.69. The van der Waals surface area contributed by atoms with Crippen LogP contribution < -0.4 is 5.32 Å². The number of piperidine rings is 1. The first-order valence-electron chi connectivity index (χ1n) is 10.2. The molecule has 8 heteroatoms. The molecule has 0 spiro atoms. The molecule has 1 fully saturated rings. The number of carbonyl (C=O) groups is 2. The number of halogens is 1. The van der Waals surface area contributed by atoms with Crippen LogP contribution in [-0.2, 0) is 11.2 Å². The maximum Gasteiger partial charge on any atom is 0.265 e. The predicted molar refractivity (Wildman–Crippen MR) is 125 cm³/mol. The van der Waals surface area contributed by atoms with E-state index in [0.717, 1.165) is 28.0 Å². The molecular weight excluding hydrogens is 476 g/mol. The number of nitrogens with one attached hydrogen (secondary N) is 1. The Hall–Kier alpha value is -2.58. The topological polar surface area (TPSA) is 75.2 Å². The number of amides is 2. The monoisotopic (exact) mass is 498 g/mol. The maximum atomic E-state index is 13.2. The maximum absolute atomic E-state index is 13.2. The molecule has 31 heavy (non-hydrogen) atoms. The van der Waals surface area contributed by atoms with Gasteiger partial charge in [0.25, 0.3) is 5.91 Å². The van der Waals surface area contributed by atoms with Crippen LogP contribution >= 0.6 is 27.3 Å². The number of aryl methyl sites for hydroxylation is 1. The van der Waals surface area contributed by atoms with Crippen molar-refractivity contribution in [1.29, 1.82) is 0 Å². The van der Waals surface area contributed by atoms with Crippen LogP contribution in [0.3, 0.4) is 0 Å². The fourth-order valence-corrected chi connectivity index (χ4v) is 5.00. The van der Waals surface area contributed by atoms with Gasteiger partial charge >= 0.3 is 0 Å². The number of hydrogen-bond acceptors (Lipinski definition) is 5. The van der Waals surface area contributed by atoms with Crippen LogP contribution in [0, 0.1) is 12.8 Å². The fraction of sp³-hybridized carbons (Fsp3) is 0.304. The van der Waals surface area contributed by atoms with Crippen LogP contribution in [0.4, 0.5) is 5.82 Å². The molecule has 1 aliphatic rings. The molecule has 1 unspecified atom stereocenters. The summed E-state index contributed by atoms with van der Waals surface area (Å²) in [5, 5.41) is 3.79. The van der Waals surface area contributed by atoms with E-state index in [2.05, 4.69) is 43.3 Å². The number of likely N-dealkylation sites (tertiary alicyclic amines) is 1. The largest absolute Gasteiger partial charge is 0.337 e. The average molecular weight is 499 g/mol. The molecular formula is C23H23BrN4O2S. The highest BCUT2D eigenvalue weighted by Gasteiger charge is 2.30. The molecule has 1 atom stereocenters. The molecule has 1 saturated heterocycles. The van der Waals surface area contributed by atoms with Crippen molar-refractivity contribution in [1.82, 2.24) is 14.9 Å². The summed E-state index contributed by atoms with van der Waals surface area (Å²) in [6, 6.07) is 13.7. The van der Waals surface area contributed by atoms with E-state index in [0.29, 0.717) is 30.2 Å². The van der Waals surface area contributed by atoms with Crippen molar-refractivity contribution in [2.24, 2.45) is 5.92 Å². The summed E-state index contributed by atoms with van der Waals surface area (Å²) in [6.07, 6.45) is 3.91. The molecule has 3 aromatic rings. The van der Waals surface area contributed by atoms with Crippen molar-refractivity contribution in [3.63, 3.8) is 0 Å².